The highest BCUT2D eigenvalue weighted by molar-refractivity contribution is 5.57. The maximum Gasteiger partial charge on any atom is 0.0600 e. The van der Waals surface area contributed by atoms with Crippen molar-refractivity contribution in [1.82, 2.24) is 5.32 Å². The molecular weight excluding hydrogens is 232 g/mol. The smallest absolute Gasteiger partial charge is 0.0600 e. The van der Waals surface area contributed by atoms with Crippen molar-refractivity contribution in [3.05, 3.63) is 64.7 Å². The standard InChI is InChI=1S/C17H20N2/c1-12-7-8-16(18-2)15(11-12)17-14-6-4-3-5-13(14)9-10-19-17/h3-8,11,17-19H,9-10H2,1-2H3/t17-/m1/s1. The van der Waals surface area contributed by atoms with Crippen LogP contribution in [0.4, 0.5) is 5.69 Å². The number of anilines is 1. The molecule has 0 radical (unpaired) electrons. The quantitative estimate of drug-likeness (QED) is 0.857. The number of benzene rings is 2. The van der Waals surface area contributed by atoms with Gasteiger partial charge in [-0.05, 0) is 36.1 Å². The predicted octanol–water partition coefficient (Wildman–Crippen LogP) is 3.27. The van der Waals surface area contributed by atoms with Crippen molar-refractivity contribution in [3.63, 3.8) is 0 Å². The van der Waals surface area contributed by atoms with Gasteiger partial charge in [0.2, 0.25) is 0 Å². The Kier molecular flexibility index (Phi) is 3.26. The van der Waals surface area contributed by atoms with Gasteiger partial charge in [0, 0.05) is 19.3 Å². The Morgan fingerprint density at radius 1 is 1.11 bits per heavy atom. The average molecular weight is 252 g/mol. The van der Waals surface area contributed by atoms with Gasteiger partial charge in [-0.1, -0.05) is 42.0 Å². The summed E-state index contributed by atoms with van der Waals surface area (Å²) in [7, 11) is 1.99. The van der Waals surface area contributed by atoms with Crippen LogP contribution in [0, 0.1) is 6.92 Å². The van der Waals surface area contributed by atoms with Crippen molar-refractivity contribution in [2.75, 3.05) is 18.9 Å². The van der Waals surface area contributed by atoms with Gasteiger partial charge in [0.1, 0.15) is 0 Å². The number of nitrogens with one attached hydrogen (secondary N) is 2. The van der Waals surface area contributed by atoms with E-state index in [1.54, 1.807) is 0 Å². The zero-order chi connectivity index (χ0) is 13.2. The van der Waals surface area contributed by atoms with Crippen molar-refractivity contribution in [3.8, 4) is 0 Å². The minimum Gasteiger partial charge on any atom is -0.388 e. The molecule has 1 atom stereocenters. The van der Waals surface area contributed by atoms with E-state index < -0.39 is 0 Å². The largest absolute Gasteiger partial charge is 0.388 e. The molecule has 0 saturated heterocycles. The second-order valence-corrected chi connectivity index (χ2v) is 5.18. The van der Waals surface area contributed by atoms with Crippen LogP contribution in [-0.4, -0.2) is 13.6 Å². The summed E-state index contributed by atoms with van der Waals surface area (Å²) in [5.74, 6) is 0. The Hall–Kier alpha value is -1.80. The van der Waals surface area contributed by atoms with Gasteiger partial charge in [-0.2, -0.15) is 0 Å². The van der Waals surface area contributed by atoms with Crippen molar-refractivity contribution in [1.29, 1.82) is 0 Å². The van der Waals surface area contributed by atoms with E-state index in [2.05, 4.69) is 60.0 Å². The monoisotopic (exact) mass is 252 g/mol. The first-order chi connectivity index (χ1) is 9.29. The van der Waals surface area contributed by atoms with E-state index in [4.69, 9.17) is 0 Å². The fraction of sp³-hybridized carbons (Fsp3) is 0.294. The molecule has 0 aliphatic carbocycles. The van der Waals surface area contributed by atoms with Gasteiger partial charge in [0.15, 0.2) is 0 Å². The van der Waals surface area contributed by atoms with E-state index in [0.29, 0.717) is 6.04 Å². The normalized spacial score (nSPS) is 17.9. The molecule has 0 saturated carbocycles. The van der Waals surface area contributed by atoms with Crippen molar-refractivity contribution in [2.24, 2.45) is 0 Å². The molecular formula is C17H20N2. The minimum absolute atomic E-state index is 0.298. The van der Waals surface area contributed by atoms with Crippen LogP contribution in [0.5, 0.6) is 0 Å². The molecule has 19 heavy (non-hydrogen) atoms. The fourth-order valence-electron chi connectivity index (χ4n) is 2.93. The third kappa shape index (κ3) is 2.24. The molecule has 2 aromatic carbocycles. The number of fused-ring (bicyclic) bond motifs is 1. The molecule has 0 aromatic heterocycles. The summed E-state index contributed by atoms with van der Waals surface area (Å²) in [4.78, 5) is 0. The lowest BCUT2D eigenvalue weighted by Gasteiger charge is -2.29. The first-order valence-corrected chi connectivity index (χ1v) is 6.89. The average Bonchev–Trinajstić information content (AvgIpc) is 2.46. The van der Waals surface area contributed by atoms with E-state index in [9.17, 15) is 0 Å². The van der Waals surface area contributed by atoms with Crippen LogP contribution < -0.4 is 10.6 Å². The topological polar surface area (TPSA) is 24.1 Å². The van der Waals surface area contributed by atoms with Crippen molar-refractivity contribution >= 4 is 5.69 Å². The second-order valence-electron chi connectivity index (χ2n) is 5.18. The van der Waals surface area contributed by atoms with Crippen LogP contribution >= 0.6 is 0 Å². The van der Waals surface area contributed by atoms with Crippen LogP contribution in [0.25, 0.3) is 0 Å². The summed E-state index contributed by atoms with van der Waals surface area (Å²) >= 11 is 0. The highest BCUT2D eigenvalue weighted by Crippen LogP contribution is 2.33. The van der Waals surface area contributed by atoms with Crippen LogP contribution in [0.3, 0.4) is 0 Å². The Labute approximate surface area is 114 Å². The lowest BCUT2D eigenvalue weighted by atomic mass is 9.88. The molecule has 0 unspecified atom stereocenters. The lowest BCUT2D eigenvalue weighted by molar-refractivity contribution is 0.568. The van der Waals surface area contributed by atoms with Gasteiger partial charge in [0.25, 0.3) is 0 Å². The molecule has 1 aliphatic heterocycles. The van der Waals surface area contributed by atoms with E-state index in [1.165, 1.54) is 27.9 Å². The zero-order valence-corrected chi connectivity index (χ0v) is 11.5. The third-order valence-electron chi connectivity index (χ3n) is 3.90. The van der Waals surface area contributed by atoms with Crippen molar-refractivity contribution < 1.29 is 0 Å². The molecule has 0 fully saturated rings. The number of rotatable bonds is 2. The third-order valence-corrected chi connectivity index (χ3v) is 3.90. The van der Waals surface area contributed by atoms with E-state index >= 15 is 0 Å². The lowest BCUT2D eigenvalue weighted by Crippen LogP contribution is -2.31. The summed E-state index contributed by atoms with van der Waals surface area (Å²) < 4.78 is 0. The summed E-state index contributed by atoms with van der Waals surface area (Å²) in [5, 5.41) is 6.96. The molecule has 0 amide bonds. The van der Waals surface area contributed by atoms with E-state index in [0.717, 1.165) is 13.0 Å². The van der Waals surface area contributed by atoms with Crippen LogP contribution in [0.2, 0.25) is 0 Å². The molecule has 2 aromatic rings. The van der Waals surface area contributed by atoms with E-state index in [-0.39, 0.29) is 0 Å². The van der Waals surface area contributed by atoms with Crippen molar-refractivity contribution in [2.45, 2.75) is 19.4 Å². The molecule has 1 aliphatic rings. The van der Waals surface area contributed by atoms with Gasteiger partial charge in [0.05, 0.1) is 6.04 Å². The highest BCUT2D eigenvalue weighted by atomic mass is 14.9. The van der Waals surface area contributed by atoms with Gasteiger partial charge in [-0.3, -0.25) is 0 Å². The summed E-state index contributed by atoms with van der Waals surface area (Å²) in [6.45, 7) is 3.19. The van der Waals surface area contributed by atoms with Crippen LogP contribution in [0.15, 0.2) is 42.5 Å². The summed E-state index contributed by atoms with van der Waals surface area (Å²) in [6, 6.07) is 15.7. The Bertz CT molecular complexity index is 590. The molecule has 0 bridgehead atoms. The Morgan fingerprint density at radius 2 is 1.95 bits per heavy atom. The first-order valence-electron chi connectivity index (χ1n) is 6.89. The summed E-state index contributed by atoms with van der Waals surface area (Å²) in [5.41, 5.74) is 6.74. The Morgan fingerprint density at radius 3 is 2.79 bits per heavy atom. The molecule has 1 heterocycles. The zero-order valence-electron chi connectivity index (χ0n) is 11.5. The van der Waals surface area contributed by atoms with Crippen LogP contribution in [-0.2, 0) is 6.42 Å². The highest BCUT2D eigenvalue weighted by Gasteiger charge is 2.22. The summed E-state index contributed by atoms with van der Waals surface area (Å²) in [6.07, 6.45) is 1.12. The number of aryl methyl sites for hydroxylation is 1. The minimum atomic E-state index is 0.298. The second kappa shape index (κ2) is 5.06. The number of hydrogen-bond donors (Lipinski definition) is 2. The molecule has 2 N–H and O–H groups in total. The fourth-order valence-corrected chi connectivity index (χ4v) is 2.93. The molecule has 2 nitrogen and oxygen atoms in total. The molecule has 2 heteroatoms. The first kappa shape index (κ1) is 12.2. The van der Waals surface area contributed by atoms with Gasteiger partial charge in [-0.25, -0.2) is 0 Å². The van der Waals surface area contributed by atoms with Crippen LogP contribution in [0.1, 0.15) is 28.3 Å². The van der Waals surface area contributed by atoms with Gasteiger partial charge in [-0.15, -0.1) is 0 Å². The molecule has 3 rings (SSSR count). The van der Waals surface area contributed by atoms with E-state index in [1.807, 2.05) is 7.05 Å². The maximum atomic E-state index is 3.65. The van der Waals surface area contributed by atoms with Gasteiger partial charge < -0.3 is 10.6 Å². The SMILES string of the molecule is CNc1ccc(C)cc1[C@@H]1NCCc2ccccc21. The Balaban J connectivity index is 2.11. The van der Waals surface area contributed by atoms with Gasteiger partial charge >= 0.3 is 0 Å². The maximum absolute atomic E-state index is 3.65. The number of hydrogen-bond acceptors (Lipinski definition) is 2. The predicted molar refractivity (Wildman–Crippen MR) is 80.7 cm³/mol. The molecule has 0 spiro atoms. The molecule has 98 valence electrons.